The van der Waals surface area contributed by atoms with Gasteiger partial charge in [0, 0.05) is 28.0 Å². The molecule has 0 bridgehead atoms. The third kappa shape index (κ3) is 2.53. The van der Waals surface area contributed by atoms with Gasteiger partial charge in [-0.3, -0.25) is 4.68 Å². The van der Waals surface area contributed by atoms with Crippen LogP contribution in [-0.4, -0.2) is 9.78 Å². The van der Waals surface area contributed by atoms with Gasteiger partial charge < -0.3 is 5.73 Å². The Kier molecular flexibility index (Phi) is 3.44. The molecule has 3 nitrogen and oxygen atoms in total. The molecular weight excluding hydrogens is 270 g/mol. The summed E-state index contributed by atoms with van der Waals surface area (Å²) in [6.07, 6.45) is 3.80. The number of rotatable bonds is 3. The molecular formula is C16H14ClN3. The second-order valence-corrected chi connectivity index (χ2v) is 5.01. The number of nitrogens with two attached hydrogens (primary N) is 1. The Labute approximate surface area is 122 Å². The molecule has 0 spiro atoms. The number of benzene rings is 2. The second-order valence-electron chi connectivity index (χ2n) is 4.61. The van der Waals surface area contributed by atoms with Crippen LogP contribution in [0.4, 0.5) is 5.69 Å². The molecule has 0 saturated heterocycles. The molecule has 0 saturated carbocycles. The van der Waals surface area contributed by atoms with Crippen molar-refractivity contribution in [2.24, 2.45) is 0 Å². The maximum absolute atomic E-state index is 6.16. The van der Waals surface area contributed by atoms with Gasteiger partial charge in [-0.25, -0.2) is 0 Å². The molecule has 1 aromatic heterocycles. The Morgan fingerprint density at radius 3 is 2.60 bits per heavy atom. The fourth-order valence-electron chi connectivity index (χ4n) is 2.15. The molecule has 0 aliphatic carbocycles. The highest BCUT2D eigenvalue weighted by atomic mass is 35.5. The lowest BCUT2D eigenvalue weighted by Gasteiger charge is -2.04. The summed E-state index contributed by atoms with van der Waals surface area (Å²) in [5.74, 6) is 0. The largest absolute Gasteiger partial charge is 0.398 e. The lowest BCUT2D eigenvalue weighted by atomic mass is 10.1. The van der Waals surface area contributed by atoms with E-state index in [1.807, 2.05) is 65.6 Å². The van der Waals surface area contributed by atoms with E-state index in [1.54, 1.807) is 0 Å². The van der Waals surface area contributed by atoms with E-state index >= 15 is 0 Å². The molecule has 2 aromatic carbocycles. The predicted octanol–water partition coefficient (Wildman–Crippen LogP) is 3.83. The Morgan fingerprint density at radius 2 is 1.80 bits per heavy atom. The van der Waals surface area contributed by atoms with E-state index in [2.05, 4.69) is 5.10 Å². The highest BCUT2D eigenvalue weighted by Crippen LogP contribution is 2.25. The highest BCUT2D eigenvalue weighted by molar-refractivity contribution is 6.31. The first-order chi connectivity index (χ1) is 9.74. The summed E-state index contributed by atoms with van der Waals surface area (Å²) in [5.41, 5.74) is 9.79. The summed E-state index contributed by atoms with van der Waals surface area (Å²) >= 11 is 6.16. The van der Waals surface area contributed by atoms with Crippen LogP contribution in [0.1, 0.15) is 5.56 Å². The topological polar surface area (TPSA) is 43.8 Å². The SMILES string of the molecule is Nc1ccccc1-c1cnn(Cc2ccccc2Cl)c1. The Bertz CT molecular complexity index is 734. The normalized spacial score (nSPS) is 10.7. The van der Waals surface area contributed by atoms with E-state index in [9.17, 15) is 0 Å². The van der Waals surface area contributed by atoms with E-state index in [1.165, 1.54) is 0 Å². The van der Waals surface area contributed by atoms with Crippen LogP contribution >= 0.6 is 11.6 Å². The van der Waals surface area contributed by atoms with E-state index in [4.69, 9.17) is 17.3 Å². The van der Waals surface area contributed by atoms with Crippen molar-refractivity contribution >= 4 is 17.3 Å². The van der Waals surface area contributed by atoms with Crippen LogP contribution in [0.3, 0.4) is 0 Å². The van der Waals surface area contributed by atoms with Crippen molar-refractivity contribution in [3.05, 3.63) is 71.5 Å². The maximum Gasteiger partial charge on any atom is 0.0674 e. The van der Waals surface area contributed by atoms with Gasteiger partial charge in [-0.15, -0.1) is 0 Å². The fourth-order valence-corrected chi connectivity index (χ4v) is 2.35. The summed E-state index contributed by atoms with van der Waals surface area (Å²) in [4.78, 5) is 0. The Hall–Kier alpha value is -2.26. The molecule has 0 fully saturated rings. The van der Waals surface area contributed by atoms with Gasteiger partial charge in [-0.05, 0) is 17.7 Å². The summed E-state index contributed by atoms with van der Waals surface area (Å²) in [6.45, 7) is 0.645. The van der Waals surface area contributed by atoms with Crippen molar-refractivity contribution < 1.29 is 0 Å². The first-order valence-electron chi connectivity index (χ1n) is 6.35. The van der Waals surface area contributed by atoms with Crippen LogP contribution in [-0.2, 0) is 6.54 Å². The van der Waals surface area contributed by atoms with Crippen molar-refractivity contribution in [1.29, 1.82) is 0 Å². The molecule has 0 unspecified atom stereocenters. The summed E-state index contributed by atoms with van der Waals surface area (Å²) < 4.78 is 1.86. The Morgan fingerprint density at radius 1 is 1.05 bits per heavy atom. The minimum absolute atomic E-state index is 0.645. The standard InChI is InChI=1S/C16H14ClN3/c17-15-7-3-1-5-12(15)10-20-11-13(9-19-20)14-6-2-4-8-16(14)18/h1-9,11H,10,18H2. The monoisotopic (exact) mass is 283 g/mol. The molecule has 0 aliphatic heterocycles. The minimum atomic E-state index is 0.645. The van der Waals surface area contributed by atoms with Gasteiger partial charge in [0.15, 0.2) is 0 Å². The van der Waals surface area contributed by atoms with E-state index in [-0.39, 0.29) is 0 Å². The average Bonchev–Trinajstić information content (AvgIpc) is 2.90. The summed E-state index contributed by atoms with van der Waals surface area (Å²) in [5, 5.41) is 5.13. The van der Waals surface area contributed by atoms with E-state index in [0.29, 0.717) is 6.54 Å². The van der Waals surface area contributed by atoms with Crippen LogP contribution in [0.5, 0.6) is 0 Å². The van der Waals surface area contributed by atoms with Gasteiger partial charge in [0.1, 0.15) is 0 Å². The first kappa shape index (κ1) is 12.8. The predicted molar refractivity (Wildman–Crippen MR) is 82.6 cm³/mol. The molecule has 2 N–H and O–H groups in total. The van der Waals surface area contributed by atoms with Crippen LogP contribution in [0.25, 0.3) is 11.1 Å². The smallest absolute Gasteiger partial charge is 0.0674 e. The van der Waals surface area contributed by atoms with Crippen molar-refractivity contribution in [2.75, 3.05) is 5.73 Å². The third-order valence-electron chi connectivity index (χ3n) is 3.20. The van der Waals surface area contributed by atoms with Crippen LogP contribution in [0.15, 0.2) is 60.9 Å². The quantitative estimate of drug-likeness (QED) is 0.742. The van der Waals surface area contributed by atoms with Gasteiger partial charge in [0.05, 0.1) is 12.7 Å². The molecule has 0 aliphatic rings. The van der Waals surface area contributed by atoms with Gasteiger partial charge in [-0.2, -0.15) is 5.10 Å². The van der Waals surface area contributed by atoms with Crippen molar-refractivity contribution in [3.63, 3.8) is 0 Å². The first-order valence-corrected chi connectivity index (χ1v) is 6.72. The lowest BCUT2D eigenvalue weighted by Crippen LogP contribution is -2.00. The zero-order chi connectivity index (χ0) is 13.9. The molecule has 0 amide bonds. The average molecular weight is 284 g/mol. The lowest BCUT2D eigenvalue weighted by molar-refractivity contribution is 0.687. The number of nitrogen functional groups attached to an aromatic ring is 1. The summed E-state index contributed by atoms with van der Waals surface area (Å²) in [7, 11) is 0. The van der Waals surface area contributed by atoms with Gasteiger partial charge >= 0.3 is 0 Å². The second kappa shape index (κ2) is 5.39. The number of anilines is 1. The molecule has 0 atom stereocenters. The number of aromatic nitrogens is 2. The molecule has 4 heteroatoms. The molecule has 3 aromatic rings. The fraction of sp³-hybridized carbons (Fsp3) is 0.0625. The third-order valence-corrected chi connectivity index (χ3v) is 3.56. The van der Waals surface area contributed by atoms with Gasteiger partial charge in [0.2, 0.25) is 0 Å². The van der Waals surface area contributed by atoms with Crippen molar-refractivity contribution in [1.82, 2.24) is 9.78 Å². The molecule has 3 rings (SSSR count). The van der Waals surface area contributed by atoms with E-state index in [0.717, 1.165) is 27.4 Å². The maximum atomic E-state index is 6.16. The van der Waals surface area contributed by atoms with Gasteiger partial charge in [0.25, 0.3) is 0 Å². The zero-order valence-electron chi connectivity index (χ0n) is 10.8. The van der Waals surface area contributed by atoms with Crippen LogP contribution < -0.4 is 5.73 Å². The van der Waals surface area contributed by atoms with Crippen molar-refractivity contribution in [2.45, 2.75) is 6.54 Å². The number of hydrogen-bond donors (Lipinski definition) is 1. The molecule has 20 heavy (non-hydrogen) atoms. The number of nitrogens with zero attached hydrogens (tertiary/aromatic N) is 2. The van der Waals surface area contributed by atoms with E-state index < -0.39 is 0 Å². The van der Waals surface area contributed by atoms with Crippen LogP contribution in [0, 0.1) is 0 Å². The highest BCUT2D eigenvalue weighted by Gasteiger charge is 2.06. The number of hydrogen-bond acceptors (Lipinski definition) is 2. The summed E-state index contributed by atoms with van der Waals surface area (Å²) in [6, 6.07) is 15.6. The minimum Gasteiger partial charge on any atom is -0.398 e. The van der Waals surface area contributed by atoms with Crippen molar-refractivity contribution in [3.8, 4) is 11.1 Å². The van der Waals surface area contributed by atoms with Gasteiger partial charge in [-0.1, -0.05) is 48.0 Å². The molecule has 1 heterocycles. The molecule has 0 radical (unpaired) electrons. The zero-order valence-corrected chi connectivity index (χ0v) is 11.6. The Balaban J connectivity index is 1.88. The molecule has 100 valence electrons. The number of para-hydroxylation sites is 1. The van der Waals surface area contributed by atoms with Crippen LogP contribution in [0.2, 0.25) is 5.02 Å². The number of halogens is 1.